The van der Waals surface area contributed by atoms with Crippen LogP contribution in [0.5, 0.6) is 0 Å². The van der Waals surface area contributed by atoms with Crippen molar-refractivity contribution in [3.8, 4) is 11.4 Å². The van der Waals surface area contributed by atoms with Gasteiger partial charge >= 0.3 is 0 Å². The first-order chi connectivity index (χ1) is 6.77. The zero-order valence-corrected chi connectivity index (χ0v) is 9.32. The summed E-state index contributed by atoms with van der Waals surface area (Å²) < 4.78 is 0.969. The number of hydrogen-bond donors (Lipinski definition) is 0. The van der Waals surface area contributed by atoms with Gasteiger partial charge in [-0.2, -0.15) is 0 Å². The van der Waals surface area contributed by atoms with Gasteiger partial charge in [-0.15, -0.1) is 0 Å². The Balaban J connectivity index is 2.50. The summed E-state index contributed by atoms with van der Waals surface area (Å²) in [6, 6.07) is 7.86. The molecule has 0 radical (unpaired) electrons. The average molecular weight is 249 g/mol. The molecule has 0 saturated heterocycles. The molecule has 0 aliphatic carbocycles. The predicted octanol–water partition coefficient (Wildman–Crippen LogP) is 3.21. The van der Waals surface area contributed by atoms with E-state index in [-0.39, 0.29) is 0 Å². The van der Waals surface area contributed by atoms with Gasteiger partial charge in [0.25, 0.3) is 0 Å². The van der Waals surface area contributed by atoms with E-state index in [0.717, 1.165) is 21.4 Å². The number of rotatable bonds is 1. The van der Waals surface area contributed by atoms with Gasteiger partial charge in [0.2, 0.25) is 0 Å². The minimum atomic E-state index is 0.882. The summed E-state index contributed by atoms with van der Waals surface area (Å²) in [5, 5.41) is 0. The lowest BCUT2D eigenvalue weighted by Crippen LogP contribution is -1.88. The molecule has 70 valence electrons. The van der Waals surface area contributed by atoms with Crippen LogP contribution in [0.4, 0.5) is 0 Å². The lowest BCUT2D eigenvalue weighted by Gasteiger charge is -2.01. The fourth-order valence-electron chi connectivity index (χ4n) is 1.18. The molecule has 14 heavy (non-hydrogen) atoms. The first-order valence-electron chi connectivity index (χ1n) is 4.31. The lowest BCUT2D eigenvalue weighted by atomic mass is 10.2. The van der Waals surface area contributed by atoms with E-state index in [1.54, 1.807) is 6.20 Å². The van der Waals surface area contributed by atoms with E-state index in [4.69, 9.17) is 0 Å². The van der Waals surface area contributed by atoms with Crippen LogP contribution >= 0.6 is 15.9 Å². The molecule has 0 bridgehead atoms. The Morgan fingerprint density at radius 1 is 1.14 bits per heavy atom. The van der Waals surface area contributed by atoms with Crippen molar-refractivity contribution in [2.75, 3.05) is 0 Å². The summed E-state index contributed by atoms with van der Waals surface area (Å²) in [6.07, 6.45) is 3.61. The molecule has 0 saturated carbocycles. The number of pyridine rings is 2. The van der Waals surface area contributed by atoms with Crippen molar-refractivity contribution in [1.82, 2.24) is 9.97 Å². The molecule has 0 fully saturated rings. The zero-order chi connectivity index (χ0) is 9.97. The van der Waals surface area contributed by atoms with E-state index in [2.05, 4.69) is 25.9 Å². The predicted molar refractivity (Wildman–Crippen MR) is 59.9 cm³/mol. The van der Waals surface area contributed by atoms with E-state index in [1.165, 1.54) is 0 Å². The van der Waals surface area contributed by atoms with Crippen molar-refractivity contribution in [3.63, 3.8) is 0 Å². The van der Waals surface area contributed by atoms with Crippen LogP contribution < -0.4 is 0 Å². The Labute approximate surface area is 91.2 Å². The number of hydrogen-bond acceptors (Lipinski definition) is 2. The fraction of sp³-hybridized carbons (Fsp3) is 0.0909. The molecular weight excluding hydrogens is 240 g/mol. The molecule has 3 heteroatoms. The first kappa shape index (κ1) is 9.34. The first-order valence-corrected chi connectivity index (χ1v) is 5.10. The number of halogens is 1. The second-order valence-electron chi connectivity index (χ2n) is 3.05. The molecule has 0 aliphatic heterocycles. The van der Waals surface area contributed by atoms with Gasteiger partial charge in [0.05, 0.1) is 5.69 Å². The van der Waals surface area contributed by atoms with Crippen LogP contribution in [0.3, 0.4) is 0 Å². The number of aryl methyl sites for hydroxylation is 1. The van der Waals surface area contributed by atoms with Crippen molar-refractivity contribution in [3.05, 3.63) is 46.7 Å². The monoisotopic (exact) mass is 248 g/mol. The van der Waals surface area contributed by atoms with E-state index in [0.29, 0.717) is 0 Å². The van der Waals surface area contributed by atoms with Gasteiger partial charge in [-0.3, -0.25) is 9.97 Å². The molecule has 2 rings (SSSR count). The largest absolute Gasteiger partial charge is 0.254 e. The highest BCUT2D eigenvalue weighted by molar-refractivity contribution is 9.10. The second kappa shape index (κ2) is 3.88. The van der Waals surface area contributed by atoms with Crippen molar-refractivity contribution >= 4 is 15.9 Å². The molecule has 0 N–H and O–H groups in total. The Hall–Kier alpha value is -1.22. The van der Waals surface area contributed by atoms with Crippen LogP contribution in [-0.4, -0.2) is 9.97 Å². The van der Waals surface area contributed by atoms with Crippen molar-refractivity contribution in [2.45, 2.75) is 6.92 Å². The molecule has 0 unspecified atom stereocenters. The topological polar surface area (TPSA) is 25.8 Å². The van der Waals surface area contributed by atoms with E-state index < -0.39 is 0 Å². The standard InChI is InChI=1S/C11H9BrN2/c1-8-4-5-10(14-7-8)11-9(12)3-2-6-13-11/h2-7H,1H3. The highest BCUT2D eigenvalue weighted by atomic mass is 79.9. The SMILES string of the molecule is Cc1ccc(-c2ncccc2Br)nc1. The second-order valence-corrected chi connectivity index (χ2v) is 3.91. The van der Waals surface area contributed by atoms with Crippen LogP contribution in [0.15, 0.2) is 41.1 Å². The summed E-state index contributed by atoms with van der Waals surface area (Å²) in [7, 11) is 0. The fourth-order valence-corrected chi connectivity index (χ4v) is 1.64. The zero-order valence-electron chi connectivity index (χ0n) is 7.74. The normalized spacial score (nSPS) is 10.1. The van der Waals surface area contributed by atoms with Gasteiger partial charge in [-0.05, 0) is 46.6 Å². The van der Waals surface area contributed by atoms with Crippen LogP contribution in [-0.2, 0) is 0 Å². The van der Waals surface area contributed by atoms with Crippen molar-refractivity contribution < 1.29 is 0 Å². The van der Waals surface area contributed by atoms with Crippen LogP contribution in [0.2, 0.25) is 0 Å². The van der Waals surface area contributed by atoms with Gasteiger partial charge in [-0.1, -0.05) is 6.07 Å². The molecule has 0 atom stereocenters. The summed E-state index contributed by atoms with van der Waals surface area (Å²) >= 11 is 3.45. The number of nitrogens with zero attached hydrogens (tertiary/aromatic N) is 2. The quantitative estimate of drug-likeness (QED) is 0.775. The Kier molecular flexibility index (Phi) is 2.59. The van der Waals surface area contributed by atoms with Gasteiger partial charge in [0.1, 0.15) is 5.69 Å². The van der Waals surface area contributed by atoms with Crippen LogP contribution in [0, 0.1) is 6.92 Å². The van der Waals surface area contributed by atoms with Gasteiger partial charge in [0.15, 0.2) is 0 Å². The minimum absolute atomic E-state index is 0.882. The highest BCUT2D eigenvalue weighted by Crippen LogP contribution is 2.23. The maximum absolute atomic E-state index is 4.32. The highest BCUT2D eigenvalue weighted by Gasteiger charge is 2.03. The summed E-state index contributed by atoms with van der Waals surface area (Å²) in [5.41, 5.74) is 2.93. The molecule has 2 nitrogen and oxygen atoms in total. The van der Waals surface area contributed by atoms with E-state index in [9.17, 15) is 0 Å². The van der Waals surface area contributed by atoms with Crippen molar-refractivity contribution in [1.29, 1.82) is 0 Å². The minimum Gasteiger partial charge on any atom is -0.254 e. The Morgan fingerprint density at radius 3 is 2.64 bits per heavy atom. The molecular formula is C11H9BrN2. The Morgan fingerprint density at radius 2 is 2.00 bits per heavy atom. The number of aromatic nitrogens is 2. The van der Waals surface area contributed by atoms with E-state index in [1.807, 2.05) is 37.4 Å². The van der Waals surface area contributed by atoms with Gasteiger partial charge < -0.3 is 0 Å². The third kappa shape index (κ3) is 1.82. The summed E-state index contributed by atoms with van der Waals surface area (Å²) in [6.45, 7) is 2.02. The van der Waals surface area contributed by atoms with E-state index >= 15 is 0 Å². The smallest absolute Gasteiger partial charge is 0.103 e. The molecule has 0 aromatic carbocycles. The molecule has 2 aromatic rings. The molecule has 0 spiro atoms. The molecule has 0 amide bonds. The molecule has 0 aliphatic rings. The average Bonchev–Trinajstić information content (AvgIpc) is 2.20. The van der Waals surface area contributed by atoms with Gasteiger partial charge in [0, 0.05) is 16.9 Å². The van der Waals surface area contributed by atoms with Gasteiger partial charge in [-0.25, -0.2) is 0 Å². The third-order valence-electron chi connectivity index (χ3n) is 1.91. The summed E-state index contributed by atoms with van der Waals surface area (Å²) in [5.74, 6) is 0. The molecule has 2 aromatic heterocycles. The summed E-state index contributed by atoms with van der Waals surface area (Å²) in [4.78, 5) is 8.59. The Bertz CT molecular complexity index is 437. The van der Waals surface area contributed by atoms with Crippen LogP contribution in [0.25, 0.3) is 11.4 Å². The van der Waals surface area contributed by atoms with Crippen molar-refractivity contribution in [2.24, 2.45) is 0 Å². The maximum Gasteiger partial charge on any atom is 0.103 e. The maximum atomic E-state index is 4.32. The van der Waals surface area contributed by atoms with Crippen LogP contribution in [0.1, 0.15) is 5.56 Å². The molecule has 2 heterocycles. The third-order valence-corrected chi connectivity index (χ3v) is 2.55. The lowest BCUT2D eigenvalue weighted by molar-refractivity contribution is 1.21.